The zero-order chi connectivity index (χ0) is 19.4. The Balaban J connectivity index is 1.84. The van der Waals surface area contributed by atoms with Gasteiger partial charge in [0.2, 0.25) is 0 Å². The molecule has 0 aliphatic rings. The van der Waals surface area contributed by atoms with Crippen LogP contribution in [0.15, 0.2) is 65.8 Å². The first-order chi connectivity index (χ1) is 12.9. The van der Waals surface area contributed by atoms with Gasteiger partial charge in [-0.05, 0) is 67.3 Å². The maximum Gasteiger partial charge on any atom is 0.144 e. The minimum atomic E-state index is -0.288. The lowest BCUT2D eigenvalue weighted by Crippen LogP contribution is -2.31. The standard InChI is InChI=1S/C21H20Cl2N2OS/c1-21(2,25-27-20-8-7-16(22)12-18(20)23)15-6-4-5-14(11-15)17-9-10-24-13-19(17)26-3/h4-13,25H,1-3H3. The summed E-state index contributed by atoms with van der Waals surface area (Å²) in [5.41, 5.74) is 2.95. The fourth-order valence-electron chi connectivity index (χ4n) is 2.66. The van der Waals surface area contributed by atoms with Gasteiger partial charge in [-0.25, -0.2) is 4.72 Å². The van der Waals surface area contributed by atoms with Gasteiger partial charge in [-0.2, -0.15) is 0 Å². The monoisotopic (exact) mass is 418 g/mol. The van der Waals surface area contributed by atoms with E-state index in [0.717, 1.165) is 27.3 Å². The molecule has 0 aliphatic carbocycles. The lowest BCUT2D eigenvalue weighted by Gasteiger charge is -2.27. The van der Waals surface area contributed by atoms with Crippen LogP contribution in [0.2, 0.25) is 10.0 Å². The Morgan fingerprint density at radius 1 is 1.07 bits per heavy atom. The highest BCUT2D eigenvalue weighted by Gasteiger charge is 2.22. The molecule has 1 aromatic heterocycles. The van der Waals surface area contributed by atoms with Crippen LogP contribution in [0.4, 0.5) is 0 Å². The summed E-state index contributed by atoms with van der Waals surface area (Å²) in [6.45, 7) is 4.26. The highest BCUT2D eigenvalue weighted by atomic mass is 35.5. The van der Waals surface area contributed by atoms with E-state index in [9.17, 15) is 0 Å². The van der Waals surface area contributed by atoms with Gasteiger partial charge in [-0.1, -0.05) is 41.4 Å². The Morgan fingerprint density at radius 2 is 1.89 bits per heavy atom. The van der Waals surface area contributed by atoms with Gasteiger partial charge in [-0.15, -0.1) is 0 Å². The Hall–Kier alpha value is -1.72. The fraction of sp³-hybridized carbons (Fsp3) is 0.190. The second-order valence-corrected chi connectivity index (χ2v) is 8.25. The topological polar surface area (TPSA) is 34.1 Å². The van der Waals surface area contributed by atoms with E-state index < -0.39 is 0 Å². The van der Waals surface area contributed by atoms with Crippen LogP contribution in [0, 0.1) is 0 Å². The van der Waals surface area contributed by atoms with Crippen molar-refractivity contribution in [1.29, 1.82) is 0 Å². The number of methoxy groups -OCH3 is 1. The van der Waals surface area contributed by atoms with Crippen LogP contribution in [0.25, 0.3) is 11.1 Å². The van der Waals surface area contributed by atoms with Gasteiger partial charge in [0.15, 0.2) is 0 Å². The van der Waals surface area contributed by atoms with Crippen LogP contribution < -0.4 is 9.46 Å². The molecule has 0 fully saturated rings. The molecule has 3 rings (SSSR count). The summed E-state index contributed by atoms with van der Waals surface area (Å²) in [6, 6.07) is 15.8. The smallest absolute Gasteiger partial charge is 0.144 e. The molecular formula is C21H20Cl2N2OS. The number of hydrogen-bond donors (Lipinski definition) is 1. The predicted octanol–water partition coefficient (Wildman–Crippen LogP) is 6.60. The van der Waals surface area contributed by atoms with Crippen LogP contribution in [0.1, 0.15) is 19.4 Å². The third kappa shape index (κ3) is 4.77. The molecule has 0 radical (unpaired) electrons. The predicted molar refractivity (Wildman–Crippen MR) is 115 cm³/mol. The molecule has 1 heterocycles. The summed E-state index contributed by atoms with van der Waals surface area (Å²) < 4.78 is 8.95. The number of ether oxygens (including phenoxy) is 1. The number of pyridine rings is 1. The van der Waals surface area contributed by atoms with Gasteiger partial charge >= 0.3 is 0 Å². The molecule has 27 heavy (non-hydrogen) atoms. The number of benzene rings is 2. The first-order valence-electron chi connectivity index (χ1n) is 8.39. The highest BCUT2D eigenvalue weighted by molar-refractivity contribution is 7.97. The van der Waals surface area contributed by atoms with Crippen molar-refractivity contribution in [3.05, 3.63) is 76.5 Å². The molecule has 2 aromatic carbocycles. The van der Waals surface area contributed by atoms with Crippen molar-refractivity contribution >= 4 is 35.1 Å². The van der Waals surface area contributed by atoms with Gasteiger partial charge in [0.05, 0.1) is 18.3 Å². The van der Waals surface area contributed by atoms with Crippen molar-refractivity contribution in [2.45, 2.75) is 24.3 Å². The zero-order valence-corrected chi connectivity index (χ0v) is 17.6. The number of rotatable bonds is 6. The molecule has 0 amide bonds. The molecule has 0 atom stereocenters. The number of nitrogens with one attached hydrogen (secondary N) is 1. The summed E-state index contributed by atoms with van der Waals surface area (Å²) in [6.07, 6.45) is 3.50. The molecule has 6 heteroatoms. The number of nitrogens with zero attached hydrogens (tertiary/aromatic N) is 1. The largest absolute Gasteiger partial charge is 0.494 e. The molecule has 140 valence electrons. The third-order valence-corrected chi connectivity index (χ3v) is 6.06. The van der Waals surface area contributed by atoms with Crippen molar-refractivity contribution in [3.63, 3.8) is 0 Å². The minimum absolute atomic E-state index is 0.288. The fourth-order valence-corrected chi connectivity index (χ4v) is 3.96. The molecule has 0 saturated heterocycles. The summed E-state index contributed by atoms with van der Waals surface area (Å²) in [7, 11) is 1.66. The van der Waals surface area contributed by atoms with Crippen LogP contribution in [0.5, 0.6) is 5.75 Å². The molecule has 3 nitrogen and oxygen atoms in total. The molecule has 0 aliphatic heterocycles. The van der Waals surface area contributed by atoms with Gasteiger partial charge < -0.3 is 4.74 Å². The second kappa shape index (κ2) is 8.53. The summed E-state index contributed by atoms with van der Waals surface area (Å²) in [4.78, 5) is 5.06. The van der Waals surface area contributed by atoms with Crippen molar-refractivity contribution in [2.24, 2.45) is 0 Å². The maximum absolute atomic E-state index is 6.28. The first-order valence-corrected chi connectivity index (χ1v) is 9.96. The highest BCUT2D eigenvalue weighted by Crippen LogP contribution is 2.34. The van der Waals surface area contributed by atoms with E-state index in [2.05, 4.69) is 41.8 Å². The van der Waals surface area contributed by atoms with Crippen LogP contribution in [-0.4, -0.2) is 12.1 Å². The lowest BCUT2D eigenvalue weighted by molar-refractivity contribution is 0.414. The van der Waals surface area contributed by atoms with E-state index in [1.165, 1.54) is 11.9 Å². The zero-order valence-electron chi connectivity index (χ0n) is 15.3. The van der Waals surface area contributed by atoms with Gasteiger partial charge in [-0.3, -0.25) is 4.98 Å². The van der Waals surface area contributed by atoms with E-state index in [-0.39, 0.29) is 5.54 Å². The molecular weight excluding hydrogens is 399 g/mol. The van der Waals surface area contributed by atoms with Crippen molar-refractivity contribution < 1.29 is 4.74 Å². The average molecular weight is 419 g/mol. The number of hydrogen-bond acceptors (Lipinski definition) is 4. The molecule has 3 aromatic rings. The normalized spacial score (nSPS) is 11.4. The Kier molecular flexibility index (Phi) is 6.33. The van der Waals surface area contributed by atoms with E-state index in [4.69, 9.17) is 27.9 Å². The van der Waals surface area contributed by atoms with Crippen molar-refractivity contribution in [3.8, 4) is 16.9 Å². The van der Waals surface area contributed by atoms with E-state index in [1.807, 2.05) is 24.3 Å². The van der Waals surface area contributed by atoms with E-state index in [1.54, 1.807) is 25.6 Å². The molecule has 0 unspecified atom stereocenters. The Labute approximate surface area is 174 Å². The van der Waals surface area contributed by atoms with Crippen LogP contribution in [-0.2, 0) is 5.54 Å². The third-order valence-electron chi connectivity index (χ3n) is 4.21. The Morgan fingerprint density at radius 3 is 2.63 bits per heavy atom. The van der Waals surface area contributed by atoms with Crippen molar-refractivity contribution in [2.75, 3.05) is 7.11 Å². The van der Waals surface area contributed by atoms with Crippen molar-refractivity contribution in [1.82, 2.24) is 9.71 Å². The van der Waals surface area contributed by atoms with E-state index in [0.29, 0.717) is 10.0 Å². The molecule has 0 bridgehead atoms. The Bertz CT molecular complexity index is 947. The van der Waals surface area contributed by atoms with Gasteiger partial charge in [0, 0.05) is 27.2 Å². The van der Waals surface area contributed by atoms with E-state index >= 15 is 0 Å². The second-order valence-electron chi connectivity index (χ2n) is 6.56. The van der Waals surface area contributed by atoms with Gasteiger partial charge in [0.25, 0.3) is 0 Å². The molecule has 1 N–H and O–H groups in total. The number of aromatic nitrogens is 1. The summed E-state index contributed by atoms with van der Waals surface area (Å²) >= 11 is 13.7. The summed E-state index contributed by atoms with van der Waals surface area (Å²) in [5.74, 6) is 0.753. The maximum atomic E-state index is 6.28. The molecule has 0 spiro atoms. The SMILES string of the molecule is COc1cnccc1-c1cccc(C(C)(C)NSc2ccc(Cl)cc2Cl)c1. The average Bonchev–Trinajstić information content (AvgIpc) is 2.67. The lowest BCUT2D eigenvalue weighted by atomic mass is 9.92. The summed E-state index contributed by atoms with van der Waals surface area (Å²) in [5, 5.41) is 1.26. The quantitative estimate of drug-likeness (QED) is 0.457. The van der Waals surface area contributed by atoms with Gasteiger partial charge in [0.1, 0.15) is 5.75 Å². The van der Waals surface area contributed by atoms with Crippen LogP contribution >= 0.6 is 35.1 Å². The minimum Gasteiger partial charge on any atom is -0.494 e. The number of halogens is 2. The van der Waals surface area contributed by atoms with Crippen LogP contribution in [0.3, 0.4) is 0 Å². The molecule has 0 saturated carbocycles. The first kappa shape index (κ1) is 20.0.